The van der Waals surface area contributed by atoms with E-state index in [0.717, 1.165) is 36.2 Å². The Morgan fingerprint density at radius 2 is 2.19 bits per heavy atom. The van der Waals surface area contributed by atoms with Crippen molar-refractivity contribution in [3.8, 4) is 0 Å². The van der Waals surface area contributed by atoms with Gasteiger partial charge in [-0.15, -0.1) is 0 Å². The summed E-state index contributed by atoms with van der Waals surface area (Å²) < 4.78 is 0. The first-order valence-electron chi connectivity index (χ1n) is 6.18. The van der Waals surface area contributed by atoms with E-state index in [2.05, 4.69) is 16.8 Å². The molecule has 0 aromatic carbocycles. The molecular weight excluding hydrogens is 198 g/mol. The number of nitrogens with zero attached hydrogens (tertiary/aromatic N) is 2. The van der Waals surface area contributed by atoms with Crippen LogP contribution in [0, 0.1) is 12.8 Å². The number of rotatable bonds is 4. The molecule has 0 aliphatic heterocycles. The Labute approximate surface area is 97.7 Å². The van der Waals surface area contributed by atoms with Gasteiger partial charge in [-0.3, -0.25) is 0 Å². The van der Waals surface area contributed by atoms with Gasteiger partial charge in [-0.25, -0.2) is 4.98 Å². The Morgan fingerprint density at radius 3 is 2.69 bits per heavy atom. The molecule has 3 nitrogen and oxygen atoms in total. The minimum absolute atomic E-state index is 0.781. The minimum Gasteiger partial charge on any atom is -0.397 e. The van der Waals surface area contributed by atoms with Crippen molar-refractivity contribution in [2.45, 2.75) is 33.1 Å². The van der Waals surface area contributed by atoms with Crippen molar-refractivity contribution in [2.75, 3.05) is 23.7 Å². The van der Waals surface area contributed by atoms with E-state index in [-0.39, 0.29) is 0 Å². The molecule has 0 amide bonds. The molecule has 1 aliphatic rings. The monoisotopic (exact) mass is 219 g/mol. The number of hydrogen-bond acceptors (Lipinski definition) is 3. The highest BCUT2D eigenvalue weighted by molar-refractivity contribution is 5.50. The molecule has 3 heteroatoms. The molecule has 1 aliphatic carbocycles. The molecule has 0 saturated heterocycles. The van der Waals surface area contributed by atoms with Gasteiger partial charge in [-0.2, -0.15) is 0 Å². The summed E-state index contributed by atoms with van der Waals surface area (Å²) in [4.78, 5) is 6.91. The third-order valence-electron chi connectivity index (χ3n) is 3.52. The fraction of sp³-hybridized carbons (Fsp3) is 0.615. The normalized spacial score (nSPS) is 15.9. The maximum Gasteiger partial charge on any atom is 0.128 e. The van der Waals surface area contributed by atoms with E-state index in [1.807, 2.05) is 19.1 Å². The van der Waals surface area contributed by atoms with E-state index >= 15 is 0 Å². The predicted octanol–water partition coefficient (Wildman–Crippen LogP) is 2.60. The van der Waals surface area contributed by atoms with Gasteiger partial charge in [0.25, 0.3) is 0 Å². The number of anilines is 2. The van der Waals surface area contributed by atoms with Crippen molar-refractivity contribution < 1.29 is 0 Å². The fourth-order valence-electron chi connectivity index (χ4n) is 2.11. The molecule has 16 heavy (non-hydrogen) atoms. The van der Waals surface area contributed by atoms with Gasteiger partial charge >= 0.3 is 0 Å². The van der Waals surface area contributed by atoms with Gasteiger partial charge in [-0.1, -0.05) is 6.42 Å². The summed E-state index contributed by atoms with van der Waals surface area (Å²) in [6.45, 7) is 6.32. The van der Waals surface area contributed by atoms with E-state index in [4.69, 9.17) is 5.73 Å². The smallest absolute Gasteiger partial charge is 0.128 e. The first kappa shape index (κ1) is 11.2. The molecule has 1 heterocycles. The highest BCUT2D eigenvalue weighted by Crippen LogP contribution is 2.28. The second-order valence-corrected chi connectivity index (χ2v) is 4.68. The highest BCUT2D eigenvalue weighted by Gasteiger charge is 2.20. The summed E-state index contributed by atoms with van der Waals surface area (Å²) in [6, 6.07) is 3.99. The molecule has 1 aromatic rings. The highest BCUT2D eigenvalue weighted by atomic mass is 15.2. The van der Waals surface area contributed by atoms with Crippen molar-refractivity contribution in [3.63, 3.8) is 0 Å². The third-order valence-corrected chi connectivity index (χ3v) is 3.52. The molecule has 1 fully saturated rings. The largest absolute Gasteiger partial charge is 0.397 e. The Balaban J connectivity index is 2.09. The summed E-state index contributed by atoms with van der Waals surface area (Å²) in [5.74, 6) is 1.95. The van der Waals surface area contributed by atoms with Crippen molar-refractivity contribution in [2.24, 2.45) is 5.92 Å². The molecule has 0 unspecified atom stereocenters. The molecule has 2 rings (SSSR count). The Kier molecular flexibility index (Phi) is 3.32. The molecule has 1 aromatic heterocycles. The summed E-state index contributed by atoms with van der Waals surface area (Å²) >= 11 is 0. The van der Waals surface area contributed by atoms with Crippen molar-refractivity contribution in [3.05, 3.63) is 17.8 Å². The van der Waals surface area contributed by atoms with Crippen LogP contribution in [0.2, 0.25) is 0 Å². The molecule has 0 spiro atoms. The van der Waals surface area contributed by atoms with Crippen LogP contribution in [0.1, 0.15) is 31.9 Å². The minimum atomic E-state index is 0.781. The Bertz CT molecular complexity index is 358. The number of pyridine rings is 1. The first-order chi connectivity index (χ1) is 7.70. The molecule has 1 saturated carbocycles. The first-order valence-corrected chi connectivity index (χ1v) is 6.18. The third kappa shape index (κ3) is 2.29. The van der Waals surface area contributed by atoms with Crippen LogP contribution >= 0.6 is 0 Å². The summed E-state index contributed by atoms with van der Waals surface area (Å²) in [6.07, 6.45) is 4.16. The maximum absolute atomic E-state index is 5.79. The Morgan fingerprint density at radius 1 is 1.44 bits per heavy atom. The molecular formula is C13H21N3. The van der Waals surface area contributed by atoms with E-state index < -0.39 is 0 Å². The van der Waals surface area contributed by atoms with Crippen LogP contribution in [0.15, 0.2) is 12.1 Å². The van der Waals surface area contributed by atoms with Crippen LogP contribution in [0.25, 0.3) is 0 Å². The molecule has 0 atom stereocenters. The fourth-order valence-corrected chi connectivity index (χ4v) is 2.11. The van der Waals surface area contributed by atoms with Gasteiger partial charge in [0.2, 0.25) is 0 Å². The van der Waals surface area contributed by atoms with Crippen LogP contribution in [-0.2, 0) is 0 Å². The zero-order valence-corrected chi connectivity index (χ0v) is 10.2. The maximum atomic E-state index is 5.79. The van der Waals surface area contributed by atoms with Gasteiger partial charge in [0.15, 0.2) is 0 Å². The lowest BCUT2D eigenvalue weighted by molar-refractivity contribution is 0.318. The van der Waals surface area contributed by atoms with E-state index in [0.29, 0.717) is 0 Å². The predicted molar refractivity (Wildman–Crippen MR) is 68.6 cm³/mol. The molecule has 2 N–H and O–H groups in total. The van der Waals surface area contributed by atoms with Crippen molar-refractivity contribution >= 4 is 11.5 Å². The van der Waals surface area contributed by atoms with Gasteiger partial charge in [0.1, 0.15) is 5.82 Å². The lowest BCUT2D eigenvalue weighted by Crippen LogP contribution is -2.33. The summed E-state index contributed by atoms with van der Waals surface area (Å²) in [7, 11) is 0. The van der Waals surface area contributed by atoms with E-state index in [1.54, 1.807) is 0 Å². The van der Waals surface area contributed by atoms with Gasteiger partial charge < -0.3 is 10.6 Å². The number of aromatic nitrogens is 1. The van der Waals surface area contributed by atoms with Crippen LogP contribution in [0.4, 0.5) is 11.5 Å². The average Bonchev–Trinajstić information content (AvgIpc) is 2.21. The molecule has 0 radical (unpaired) electrons. The second-order valence-electron chi connectivity index (χ2n) is 4.68. The van der Waals surface area contributed by atoms with Crippen molar-refractivity contribution in [1.29, 1.82) is 0 Å². The van der Waals surface area contributed by atoms with Crippen LogP contribution in [-0.4, -0.2) is 18.1 Å². The van der Waals surface area contributed by atoms with E-state index in [1.165, 1.54) is 19.3 Å². The zero-order valence-electron chi connectivity index (χ0n) is 10.2. The van der Waals surface area contributed by atoms with E-state index in [9.17, 15) is 0 Å². The van der Waals surface area contributed by atoms with Crippen LogP contribution < -0.4 is 10.6 Å². The number of nitrogens with two attached hydrogens (primary N) is 1. The lowest BCUT2D eigenvalue weighted by atomic mass is 9.85. The summed E-state index contributed by atoms with van der Waals surface area (Å²) in [5, 5.41) is 0. The van der Waals surface area contributed by atoms with Crippen LogP contribution in [0.3, 0.4) is 0 Å². The standard InChI is InChI=1S/C13H21N3/c1-3-16(9-11-5-4-6-11)13-8-7-12(14)10(2)15-13/h7-8,11H,3-6,9,14H2,1-2H3. The molecule has 0 bridgehead atoms. The zero-order chi connectivity index (χ0) is 11.5. The number of nitrogen functional groups attached to an aromatic ring is 1. The van der Waals surface area contributed by atoms with Crippen molar-refractivity contribution in [1.82, 2.24) is 4.98 Å². The van der Waals surface area contributed by atoms with Gasteiger partial charge in [0.05, 0.1) is 11.4 Å². The second kappa shape index (κ2) is 4.73. The number of hydrogen-bond donors (Lipinski definition) is 1. The lowest BCUT2D eigenvalue weighted by Gasteiger charge is -2.32. The summed E-state index contributed by atoms with van der Waals surface area (Å²) in [5.41, 5.74) is 7.50. The number of aryl methyl sites for hydroxylation is 1. The topological polar surface area (TPSA) is 42.1 Å². The Hall–Kier alpha value is -1.25. The van der Waals surface area contributed by atoms with Gasteiger partial charge in [-0.05, 0) is 44.7 Å². The molecule has 88 valence electrons. The average molecular weight is 219 g/mol. The quantitative estimate of drug-likeness (QED) is 0.846. The van der Waals surface area contributed by atoms with Crippen LogP contribution in [0.5, 0.6) is 0 Å². The SMILES string of the molecule is CCN(CC1CCC1)c1ccc(N)c(C)n1. The van der Waals surface area contributed by atoms with Gasteiger partial charge in [0, 0.05) is 13.1 Å².